The molecule has 1 amide bonds. The fourth-order valence-electron chi connectivity index (χ4n) is 4.44. The number of nitrogens with zero attached hydrogens (tertiary/aromatic N) is 2. The molecule has 4 aromatic rings. The number of carbonyl (C=O) groups is 1. The summed E-state index contributed by atoms with van der Waals surface area (Å²) in [6.07, 6.45) is 5.42. The van der Waals surface area contributed by atoms with E-state index >= 15 is 0 Å². The van der Waals surface area contributed by atoms with Crippen LogP contribution < -0.4 is 10.1 Å². The smallest absolute Gasteiger partial charge is 0.251 e. The maximum Gasteiger partial charge on any atom is 0.251 e. The van der Waals surface area contributed by atoms with Gasteiger partial charge in [-0.05, 0) is 42.3 Å². The molecule has 1 aliphatic rings. The van der Waals surface area contributed by atoms with E-state index in [1.807, 2.05) is 42.5 Å². The molecule has 0 saturated carbocycles. The first kappa shape index (κ1) is 24.5. The van der Waals surface area contributed by atoms with Crippen molar-refractivity contribution in [1.82, 2.24) is 10.3 Å². The SMILES string of the molecule is CCCCNC(=O)c1ccc(-c2cc3nccc(-c4ccc(OC5CCOCC5)c(C#N)c4)c3o2)cc1. The van der Waals surface area contributed by atoms with Gasteiger partial charge < -0.3 is 19.2 Å². The zero-order valence-electron chi connectivity index (χ0n) is 20.8. The molecular formula is C30H29N3O4. The number of carbonyl (C=O) groups excluding carboxylic acids is 1. The lowest BCUT2D eigenvalue weighted by atomic mass is 10.0. The molecular weight excluding hydrogens is 466 g/mol. The molecule has 7 heteroatoms. The van der Waals surface area contributed by atoms with E-state index in [1.165, 1.54) is 0 Å². The fraction of sp³-hybridized carbons (Fsp3) is 0.300. The molecule has 0 atom stereocenters. The molecule has 3 heterocycles. The monoisotopic (exact) mass is 495 g/mol. The van der Waals surface area contributed by atoms with Crippen LogP contribution in [0.3, 0.4) is 0 Å². The van der Waals surface area contributed by atoms with Crippen LogP contribution in [0.1, 0.15) is 48.5 Å². The first-order valence-corrected chi connectivity index (χ1v) is 12.7. The zero-order chi connectivity index (χ0) is 25.6. The van der Waals surface area contributed by atoms with Crippen LogP contribution in [-0.2, 0) is 4.74 Å². The van der Waals surface area contributed by atoms with Crippen LogP contribution in [0.5, 0.6) is 5.75 Å². The Balaban J connectivity index is 1.40. The summed E-state index contributed by atoms with van der Waals surface area (Å²) in [5.41, 5.74) is 5.00. The van der Waals surface area contributed by atoms with E-state index in [0.29, 0.717) is 48.0 Å². The van der Waals surface area contributed by atoms with Gasteiger partial charge in [-0.3, -0.25) is 9.78 Å². The third-order valence-corrected chi connectivity index (χ3v) is 6.53. The maximum absolute atomic E-state index is 12.3. The number of amides is 1. The Morgan fingerprint density at radius 2 is 1.89 bits per heavy atom. The Labute approximate surface area is 216 Å². The van der Waals surface area contributed by atoms with Crippen LogP contribution >= 0.6 is 0 Å². The summed E-state index contributed by atoms with van der Waals surface area (Å²) in [4.78, 5) is 16.8. The highest BCUT2D eigenvalue weighted by atomic mass is 16.5. The summed E-state index contributed by atoms with van der Waals surface area (Å²) >= 11 is 0. The van der Waals surface area contributed by atoms with Gasteiger partial charge in [-0.25, -0.2) is 0 Å². The van der Waals surface area contributed by atoms with Crippen molar-refractivity contribution in [3.63, 3.8) is 0 Å². The Hall–Kier alpha value is -4.15. The number of nitrogens with one attached hydrogen (secondary N) is 1. The van der Waals surface area contributed by atoms with Crippen molar-refractivity contribution >= 4 is 17.0 Å². The van der Waals surface area contributed by atoms with Crippen LogP contribution in [0.4, 0.5) is 0 Å². The molecule has 2 aromatic heterocycles. The lowest BCUT2D eigenvalue weighted by molar-refractivity contribution is 0.0254. The minimum absolute atomic E-state index is 0.0563. The molecule has 2 aromatic carbocycles. The fourth-order valence-corrected chi connectivity index (χ4v) is 4.44. The highest BCUT2D eigenvalue weighted by Crippen LogP contribution is 2.35. The molecule has 1 saturated heterocycles. The van der Waals surface area contributed by atoms with E-state index in [1.54, 1.807) is 18.3 Å². The quantitative estimate of drug-likeness (QED) is 0.296. The number of unbranched alkanes of at least 4 members (excludes halogenated alkanes) is 1. The Morgan fingerprint density at radius 3 is 2.65 bits per heavy atom. The number of nitriles is 1. The van der Waals surface area contributed by atoms with Gasteiger partial charge in [-0.2, -0.15) is 5.26 Å². The minimum Gasteiger partial charge on any atom is -0.489 e. The van der Waals surface area contributed by atoms with Gasteiger partial charge in [0.25, 0.3) is 5.91 Å². The summed E-state index contributed by atoms with van der Waals surface area (Å²) < 4.78 is 17.8. The minimum atomic E-state index is -0.0777. The second kappa shape index (κ2) is 11.3. The van der Waals surface area contributed by atoms with Crippen molar-refractivity contribution in [3.05, 3.63) is 71.9 Å². The summed E-state index contributed by atoms with van der Waals surface area (Å²) in [5, 5.41) is 12.7. The van der Waals surface area contributed by atoms with Gasteiger partial charge in [0.05, 0.1) is 18.8 Å². The van der Waals surface area contributed by atoms with Crippen molar-refractivity contribution < 1.29 is 18.7 Å². The average Bonchev–Trinajstić information content (AvgIpc) is 3.39. The molecule has 0 spiro atoms. The van der Waals surface area contributed by atoms with Gasteiger partial charge in [0, 0.05) is 48.3 Å². The zero-order valence-corrected chi connectivity index (χ0v) is 20.8. The molecule has 0 radical (unpaired) electrons. The van der Waals surface area contributed by atoms with E-state index in [0.717, 1.165) is 47.9 Å². The van der Waals surface area contributed by atoms with Crippen molar-refractivity contribution in [1.29, 1.82) is 5.26 Å². The van der Waals surface area contributed by atoms with E-state index in [9.17, 15) is 10.1 Å². The van der Waals surface area contributed by atoms with Gasteiger partial charge in [-0.1, -0.05) is 31.5 Å². The van der Waals surface area contributed by atoms with Crippen LogP contribution in [0, 0.1) is 11.3 Å². The number of rotatable bonds is 8. The normalized spacial score (nSPS) is 13.8. The number of pyridine rings is 1. The Kier molecular flexibility index (Phi) is 7.48. The molecule has 37 heavy (non-hydrogen) atoms. The second-order valence-electron chi connectivity index (χ2n) is 9.12. The number of ether oxygens (including phenoxy) is 2. The maximum atomic E-state index is 12.3. The highest BCUT2D eigenvalue weighted by molar-refractivity contribution is 5.95. The number of hydrogen-bond donors (Lipinski definition) is 1. The summed E-state index contributed by atoms with van der Waals surface area (Å²) in [6, 6.07) is 19.0. The third kappa shape index (κ3) is 5.50. The van der Waals surface area contributed by atoms with Crippen LogP contribution in [0.25, 0.3) is 33.6 Å². The largest absolute Gasteiger partial charge is 0.489 e. The predicted octanol–water partition coefficient (Wildman–Crippen LogP) is 6.12. The summed E-state index contributed by atoms with van der Waals surface area (Å²) in [5.74, 6) is 1.17. The standard InChI is InChI=1S/C30H29N3O4/c1-2-3-13-33-30(34)21-6-4-20(5-7-21)28-18-26-29(37-28)25(10-14-32-26)22-8-9-27(23(17-22)19-31)36-24-11-15-35-16-12-24/h4-10,14,17-18,24H,2-3,11-13,15-16H2,1H3,(H,33,34). The topological polar surface area (TPSA) is 97.4 Å². The molecule has 1 fully saturated rings. The molecule has 7 nitrogen and oxygen atoms in total. The molecule has 0 aliphatic carbocycles. The van der Waals surface area contributed by atoms with Gasteiger partial charge >= 0.3 is 0 Å². The third-order valence-electron chi connectivity index (χ3n) is 6.53. The van der Waals surface area contributed by atoms with Crippen LogP contribution in [0.15, 0.2) is 65.2 Å². The summed E-state index contributed by atoms with van der Waals surface area (Å²) in [7, 11) is 0. The Bertz CT molecular complexity index is 1430. The summed E-state index contributed by atoms with van der Waals surface area (Å²) in [6.45, 7) is 4.12. The second-order valence-corrected chi connectivity index (χ2v) is 9.12. The molecule has 1 N–H and O–H groups in total. The van der Waals surface area contributed by atoms with Crippen molar-refractivity contribution in [2.24, 2.45) is 0 Å². The number of hydrogen-bond acceptors (Lipinski definition) is 6. The molecule has 188 valence electrons. The van der Waals surface area contributed by atoms with Crippen LogP contribution in [-0.4, -0.2) is 36.8 Å². The van der Waals surface area contributed by atoms with E-state index < -0.39 is 0 Å². The molecule has 0 bridgehead atoms. The highest BCUT2D eigenvalue weighted by Gasteiger charge is 2.19. The number of furan rings is 1. The number of aromatic nitrogens is 1. The Morgan fingerprint density at radius 1 is 1.11 bits per heavy atom. The predicted molar refractivity (Wildman–Crippen MR) is 141 cm³/mol. The average molecular weight is 496 g/mol. The van der Waals surface area contributed by atoms with Crippen LogP contribution in [0.2, 0.25) is 0 Å². The molecule has 1 aliphatic heterocycles. The van der Waals surface area contributed by atoms with Gasteiger partial charge in [0.15, 0.2) is 5.58 Å². The lowest BCUT2D eigenvalue weighted by Crippen LogP contribution is -2.26. The van der Waals surface area contributed by atoms with E-state index in [2.05, 4.69) is 23.3 Å². The van der Waals surface area contributed by atoms with E-state index in [-0.39, 0.29) is 12.0 Å². The lowest BCUT2D eigenvalue weighted by Gasteiger charge is -2.23. The number of benzene rings is 2. The molecule has 5 rings (SSSR count). The van der Waals surface area contributed by atoms with Crippen molar-refractivity contribution in [2.45, 2.75) is 38.7 Å². The van der Waals surface area contributed by atoms with Gasteiger partial charge in [0.1, 0.15) is 29.2 Å². The van der Waals surface area contributed by atoms with Gasteiger partial charge in [0.2, 0.25) is 0 Å². The first-order valence-electron chi connectivity index (χ1n) is 12.7. The first-order chi connectivity index (χ1) is 18.2. The van der Waals surface area contributed by atoms with Crippen molar-refractivity contribution in [3.8, 4) is 34.3 Å². The van der Waals surface area contributed by atoms with Gasteiger partial charge in [-0.15, -0.1) is 0 Å². The molecule has 0 unspecified atom stereocenters. The van der Waals surface area contributed by atoms with E-state index in [4.69, 9.17) is 13.9 Å². The number of fused-ring (bicyclic) bond motifs is 1. The van der Waals surface area contributed by atoms with Crippen molar-refractivity contribution in [2.75, 3.05) is 19.8 Å².